The Morgan fingerprint density at radius 2 is 1.95 bits per heavy atom. The summed E-state index contributed by atoms with van der Waals surface area (Å²) in [5, 5.41) is 6.27. The van der Waals surface area contributed by atoms with Crippen LogP contribution in [0.5, 0.6) is 0 Å². The smallest absolute Gasteiger partial charge is 0.241 e. The summed E-state index contributed by atoms with van der Waals surface area (Å²) in [7, 11) is 0. The highest BCUT2D eigenvalue weighted by Gasteiger charge is 2.20. The molecule has 5 nitrogen and oxygen atoms in total. The number of morpholine rings is 1. The predicted octanol–water partition coefficient (Wildman–Crippen LogP) is 1.60. The zero-order valence-corrected chi connectivity index (χ0v) is 12.3. The van der Waals surface area contributed by atoms with Crippen molar-refractivity contribution in [1.29, 1.82) is 0 Å². The molecule has 0 spiro atoms. The summed E-state index contributed by atoms with van der Waals surface area (Å²) in [4.78, 5) is 14.5. The van der Waals surface area contributed by atoms with E-state index < -0.39 is 0 Å². The molecule has 3 rings (SSSR count). The molecule has 1 atom stereocenters. The molecule has 0 aromatic heterocycles. The molecule has 2 N–H and O–H groups in total. The van der Waals surface area contributed by atoms with Crippen LogP contribution in [0.25, 0.3) is 0 Å². The van der Waals surface area contributed by atoms with Gasteiger partial charge in [0.15, 0.2) is 0 Å². The molecular weight excluding hydrogens is 266 g/mol. The van der Waals surface area contributed by atoms with Gasteiger partial charge in [0, 0.05) is 24.5 Å². The molecule has 2 aliphatic rings. The fourth-order valence-electron chi connectivity index (χ4n) is 2.88. The van der Waals surface area contributed by atoms with Gasteiger partial charge in [-0.05, 0) is 43.7 Å². The second kappa shape index (κ2) is 6.91. The summed E-state index contributed by atoms with van der Waals surface area (Å²) < 4.78 is 5.36. The van der Waals surface area contributed by atoms with Crippen LogP contribution in [0, 0.1) is 0 Å². The number of benzene rings is 1. The lowest BCUT2D eigenvalue weighted by atomic mass is 10.0. The number of amides is 1. The Morgan fingerprint density at radius 3 is 2.62 bits per heavy atom. The molecule has 0 bridgehead atoms. The van der Waals surface area contributed by atoms with E-state index in [1.54, 1.807) is 0 Å². The molecule has 0 saturated carbocycles. The number of rotatable bonds is 3. The largest absolute Gasteiger partial charge is 0.378 e. The van der Waals surface area contributed by atoms with Crippen LogP contribution in [0.1, 0.15) is 19.3 Å². The number of ether oxygens (including phenoxy) is 1. The van der Waals surface area contributed by atoms with Gasteiger partial charge in [0.1, 0.15) is 0 Å². The number of nitrogens with zero attached hydrogens (tertiary/aromatic N) is 1. The zero-order chi connectivity index (χ0) is 14.5. The minimum Gasteiger partial charge on any atom is -0.378 e. The Labute approximate surface area is 125 Å². The molecule has 2 heterocycles. The third-order valence-corrected chi connectivity index (χ3v) is 4.14. The third kappa shape index (κ3) is 3.74. The fourth-order valence-corrected chi connectivity index (χ4v) is 2.88. The second-order valence-electron chi connectivity index (χ2n) is 5.64. The molecule has 0 aliphatic carbocycles. The number of hydrogen-bond acceptors (Lipinski definition) is 4. The van der Waals surface area contributed by atoms with Gasteiger partial charge in [-0.1, -0.05) is 6.42 Å². The Hall–Kier alpha value is -1.59. The van der Waals surface area contributed by atoms with Crippen molar-refractivity contribution in [3.63, 3.8) is 0 Å². The van der Waals surface area contributed by atoms with Crippen LogP contribution in [-0.4, -0.2) is 44.8 Å². The van der Waals surface area contributed by atoms with Crippen molar-refractivity contribution in [1.82, 2.24) is 5.32 Å². The lowest BCUT2D eigenvalue weighted by molar-refractivity contribution is -0.118. The second-order valence-corrected chi connectivity index (χ2v) is 5.64. The number of anilines is 2. The molecule has 1 amide bonds. The van der Waals surface area contributed by atoms with Crippen LogP contribution in [0.3, 0.4) is 0 Å². The topological polar surface area (TPSA) is 53.6 Å². The van der Waals surface area contributed by atoms with E-state index in [4.69, 9.17) is 4.74 Å². The highest BCUT2D eigenvalue weighted by atomic mass is 16.5. The Bertz CT molecular complexity index is 463. The summed E-state index contributed by atoms with van der Waals surface area (Å²) in [5.41, 5.74) is 2.05. The highest BCUT2D eigenvalue weighted by molar-refractivity contribution is 5.95. The van der Waals surface area contributed by atoms with Gasteiger partial charge in [-0.25, -0.2) is 0 Å². The van der Waals surface area contributed by atoms with Gasteiger partial charge in [-0.2, -0.15) is 0 Å². The summed E-state index contributed by atoms with van der Waals surface area (Å²) in [6, 6.07) is 8.04. The molecule has 1 aromatic carbocycles. The highest BCUT2D eigenvalue weighted by Crippen LogP contribution is 2.19. The van der Waals surface area contributed by atoms with Crippen molar-refractivity contribution >= 4 is 17.3 Å². The van der Waals surface area contributed by atoms with E-state index in [-0.39, 0.29) is 11.9 Å². The molecular formula is C16H23N3O2. The lowest BCUT2D eigenvalue weighted by Gasteiger charge is -2.29. The first-order valence-electron chi connectivity index (χ1n) is 7.80. The molecule has 21 heavy (non-hydrogen) atoms. The van der Waals surface area contributed by atoms with E-state index in [2.05, 4.69) is 27.7 Å². The van der Waals surface area contributed by atoms with Crippen molar-refractivity contribution in [2.24, 2.45) is 0 Å². The van der Waals surface area contributed by atoms with Crippen LogP contribution in [-0.2, 0) is 9.53 Å². The predicted molar refractivity (Wildman–Crippen MR) is 83.7 cm³/mol. The first-order valence-corrected chi connectivity index (χ1v) is 7.80. The van der Waals surface area contributed by atoms with Gasteiger partial charge in [-0.3, -0.25) is 4.79 Å². The van der Waals surface area contributed by atoms with Crippen molar-refractivity contribution in [2.75, 3.05) is 43.1 Å². The SMILES string of the molecule is O=C(Nc1ccc(N2CCOCC2)cc1)C1CCCCN1. The minimum absolute atomic E-state index is 0.0438. The quantitative estimate of drug-likeness (QED) is 0.887. The van der Waals surface area contributed by atoms with Crippen LogP contribution < -0.4 is 15.5 Å². The molecule has 1 unspecified atom stereocenters. The standard InChI is InChI=1S/C16H23N3O2/c20-16(15-3-1-2-8-17-15)18-13-4-6-14(7-5-13)19-9-11-21-12-10-19/h4-7,15,17H,1-3,8-12H2,(H,18,20). The molecule has 2 aliphatic heterocycles. The fraction of sp³-hybridized carbons (Fsp3) is 0.562. The van der Waals surface area contributed by atoms with E-state index >= 15 is 0 Å². The number of carbonyl (C=O) groups excluding carboxylic acids is 1. The van der Waals surface area contributed by atoms with Gasteiger partial charge >= 0.3 is 0 Å². The molecule has 1 aromatic rings. The van der Waals surface area contributed by atoms with Gasteiger partial charge in [-0.15, -0.1) is 0 Å². The molecule has 2 fully saturated rings. The normalized spacial score (nSPS) is 22.9. The molecule has 0 radical (unpaired) electrons. The van der Waals surface area contributed by atoms with E-state index in [9.17, 15) is 4.79 Å². The maximum atomic E-state index is 12.2. The number of nitrogens with one attached hydrogen (secondary N) is 2. The van der Waals surface area contributed by atoms with E-state index in [1.807, 2.05) is 12.1 Å². The minimum atomic E-state index is -0.0438. The summed E-state index contributed by atoms with van der Waals surface area (Å²) in [6.07, 6.45) is 3.22. The molecule has 5 heteroatoms. The Morgan fingerprint density at radius 1 is 1.19 bits per heavy atom. The van der Waals surface area contributed by atoms with E-state index in [1.165, 1.54) is 5.69 Å². The zero-order valence-electron chi connectivity index (χ0n) is 12.3. The number of piperidine rings is 1. The van der Waals surface area contributed by atoms with Crippen LogP contribution in [0.15, 0.2) is 24.3 Å². The first kappa shape index (κ1) is 14.4. The van der Waals surface area contributed by atoms with Crippen LogP contribution in [0.4, 0.5) is 11.4 Å². The van der Waals surface area contributed by atoms with Gasteiger partial charge in [0.2, 0.25) is 5.91 Å². The summed E-state index contributed by atoms with van der Waals surface area (Å²) in [5.74, 6) is 0.0776. The average molecular weight is 289 g/mol. The van der Waals surface area contributed by atoms with Crippen molar-refractivity contribution < 1.29 is 9.53 Å². The Kier molecular flexibility index (Phi) is 4.72. The summed E-state index contributed by atoms with van der Waals surface area (Å²) in [6.45, 7) is 4.36. The molecule has 114 valence electrons. The monoisotopic (exact) mass is 289 g/mol. The lowest BCUT2D eigenvalue weighted by Crippen LogP contribution is -2.43. The first-order chi connectivity index (χ1) is 10.3. The maximum Gasteiger partial charge on any atom is 0.241 e. The van der Waals surface area contributed by atoms with E-state index in [0.29, 0.717) is 0 Å². The Balaban J connectivity index is 1.57. The van der Waals surface area contributed by atoms with Gasteiger partial charge in [0.25, 0.3) is 0 Å². The third-order valence-electron chi connectivity index (χ3n) is 4.14. The maximum absolute atomic E-state index is 12.2. The molecule has 2 saturated heterocycles. The summed E-state index contributed by atoms with van der Waals surface area (Å²) >= 11 is 0. The van der Waals surface area contributed by atoms with Crippen molar-refractivity contribution in [2.45, 2.75) is 25.3 Å². The number of hydrogen-bond donors (Lipinski definition) is 2. The van der Waals surface area contributed by atoms with Crippen molar-refractivity contribution in [3.05, 3.63) is 24.3 Å². The average Bonchev–Trinajstić information content (AvgIpc) is 2.57. The van der Waals surface area contributed by atoms with Crippen molar-refractivity contribution in [3.8, 4) is 0 Å². The van der Waals surface area contributed by atoms with Gasteiger partial charge < -0.3 is 20.3 Å². The van der Waals surface area contributed by atoms with Crippen LogP contribution >= 0.6 is 0 Å². The number of carbonyl (C=O) groups is 1. The van der Waals surface area contributed by atoms with Gasteiger partial charge in [0.05, 0.1) is 19.3 Å². The van der Waals surface area contributed by atoms with E-state index in [0.717, 1.165) is 57.8 Å². The van der Waals surface area contributed by atoms with Crippen LogP contribution in [0.2, 0.25) is 0 Å².